The van der Waals surface area contributed by atoms with Crippen molar-refractivity contribution in [3.05, 3.63) is 0 Å². The van der Waals surface area contributed by atoms with Crippen LogP contribution in [0, 0.1) is 0 Å². The average molecular weight is 325 g/mol. The Morgan fingerprint density at radius 3 is 1.79 bits per heavy atom. The monoisotopic (exact) mass is 325 g/mol. The predicted octanol–water partition coefficient (Wildman–Crippen LogP) is -0.467. The number of nitrogens with two attached hydrogens (primary N) is 1. The van der Waals surface area contributed by atoms with Crippen molar-refractivity contribution in [3.63, 3.8) is 0 Å². The summed E-state index contributed by atoms with van der Waals surface area (Å²) in [6, 6.07) is 0. The van der Waals surface area contributed by atoms with E-state index in [9.17, 15) is 14.4 Å². The molecule has 19 heavy (non-hydrogen) atoms. The SMILES string of the molecule is NCC(=O)OC(=O)CCCCCCCC(=O)O.[KH].[KH]. The molecule has 0 amide bonds. The molecule has 0 aromatic rings. The van der Waals surface area contributed by atoms with Crippen LogP contribution in [-0.4, -0.2) is 132 Å². The van der Waals surface area contributed by atoms with Gasteiger partial charge in [-0.2, -0.15) is 0 Å². The van der Waals surface area contributed by atoms with Crippen LogP contribution in [0.4, 0.5) is 0 Å². The Morgan fingerprint density at radius 2 is 1.32 bits per heavy atom. The van der Waals surface area contributed by atoms with E-state index in [1.807, 2.05) is 0 Å². The zero-order valence-electron chi connectivity index (χ0n) is 9.81. The number of hydrogen-bond donors (Lipinski definition) is 2. The molecule has 0 rings (SSSR count). The molecule has 102 valence electrons. The normalized spacial score (nSPS) is 8.89. The summed E-state index contributed by atoms with van der Waals surface area (Å²) in [6.07, 6.45) is 4.23. The molecular formula is C11H21K2NO5. The van der Waals surface area contributed by atoms with Gasteiger partial charge in [0.2, 0.25) is 0 Å². The van der Waals surface area contributed by atoms with E-state index in [2.05, 4.69) is 4.74 Å². The molecule has 0 bridgehead atoms. The van der Waals surface area contributed by atoms with E-state index in [0.29, 0.717) is 12.8 Å². The first-order valence-corrected chi connectivity index (χ1v) is 5.71. The van der Waals surface area contributed by atoms with Gasteiger partial charge < -0.3 is 15.6 Å². The molecule has 0 aliphatic carbocycles. The number of aliphatic carboxylic acids is 1. The Hall–Kier alpha value is 1.84. The minimum absolute atomic E-state index is 0. The van der Waals surface area contributed by atoms with Crippen molar-refractivity contribution >= 4 is 121 Å². The van der Waals surface area contributed by atoms with Crippen LogP contribution in [-0.2, 0) is 19.1 Å². The van der Waals surface area contributed by atoms with E-state index in [0.717, 1.165) is 19.3 Å². The van der Waals surface area contributed by atoms with Gasteiger partial charge in [0.1, 0.15) is 0 Å². The number of carboxylic acid groups (broad SMARTS) is 1. The van der Waals surface area contributed by atoms with Crippen molar-refractivity contribution in [1.82, 2.24) is 0 Å². The molecule has 0 aliphatic rings. The first kappa shape index (κ1) is 25.8. The third-order valence-electron chi connectivity index (χ3n) is 2.17. The van der Waals surface area contributed by atoms with E-state index < -0.39 is 17.9 Å². The van der Waals surface area contributed by atoms with E-state index in [1.165, 1.54) is 0 Å². The average Bonchev–Trinajstić information content (AvgIpc) is 2.27. The molecule has 3 N–H and O–H groups in total. The second kappa shape index (κ2) is 17.9. The molecule has 0 fully saturated rings. The molecular weight excluding hydrogens is 304 g/mol. The van der Waals surface area contributed by atoms with Crippen molar-refractivity contribution < 1.29 is 24.2 Å². The zero-order valence-corrected chi connectivity index (χ0v) is 9.81. The third-order valence-corrected chi connectivity index (χ3v) is 2.17. The molecule has 0 unspecified atom stereocenters. The molecule has 0 radical (unpaired) electrons. The van der Waals surface area contributed by atoms with E-state index in [-0.39, 0.29) is 122 Å². The third kappa shape index (κ3) is 19.8. The summed E-state index contributed by atoms with van der Waals surface area (Å²) in [7, 11) is 0. The van der Waals surface area contributed by atoms with Crippen LogP contribution in [0.5, 0.6) is 0 Å². The Morgan fingerprint density at radius 1 is 0.842 bits per heavy atom. The van der Waals surface area contributed by atoms with Crippen molar-refractivity contribution in [1.29, 1.82) is 0 Å². The fourth-order valence-corrected chi connectivity index (χ4v) is 1.30. The minimum atomic E-state index is -0.783. The Labute approximate surface area is 198 Å². The van der Waals surface area contributed by atoms with Crippen LogP contribution in [0.25, 0.3) is 0 Å². The number of carbonyl (C=O) groups excluding carboxylic acids is 2. The molecule has 6 nitrogen and oxygen atoms in total. The Bertz CT molecular complexity index is 274. The van der Waals surface area contributed by atoms with Crippen LogP contribution in [0.1, 0.15) is 44.9 Å². The molecule has 0 spiro atoms. The van der Waals surface area contributed by atoms with Gasteiger partial charge in [-0.25, -0.2) is 0 Å². The van der Waals surface area contributed by atoms with E-state index in [4.69, 9.17) is 10.8 Å². The molecule has 0 aliphatic heterocycles. The van der Waals surface area contributed by atoms with Crippen molar-refractivity contribution in [2.24, 2.45) is 5.73 Å². The number of hydrogen-bond acceptors (Lipinski definition) is 5. The van der Waals surface area contributed by atoms with Crippen LogP contribution < -0.4 is 5.73 Å². The van der Waals surface area contributed by atoms with E-state index in [1.54, 1.807) is 0 Å². The maximum absolute atomic E-state index is 11.0. The quantitative estimate of drug-likeness (QED) is 0.257. The van der Waals surface area contributed by atoms with Gasteiger partial charge >= 0.3 is 121 Å². The maximum atomic E-state index is 11.0. The van der Waals surface area contributed by atoms with Gasteiger partial charge in [0.25, 0.3) is 0 Å². The van der Waals surface area contributed by atoms with Gasteiger partial charge in [-0.3, -0.25) is 14.4 Å². The first-order chi connectivity index (χ1) is 8.06. The summed E-state index contributed by atoms with van der Waals surface area (Å²) >= 11 is 0. The van der Waals surface area contributed by atoms with Crippen LogP contribution in [0.3, 0.4) is 0 Å². The van der Waals surface area contributed by atoms with Crippen LogP contribution in [0.15, 0.2) is 0 Å². The van der Waals surface area contributed by atoms with Gasteiger partial charge in [0.15, 0.2) is 0 Å². The molecule has 0 aromatic carbocycles. The summed E-state index contributed by atoms with van der Waals surface area (Å²) < 4.78 is 4.38. The summed E-state index contributed by atoms with van der Waals surface area (Å²) in [5, 5.41) is 8.39. The van der Waals surface area contributed by atoms with Gasteiger partial charge in [-0.1, -0.05) is 19.3 Å². The predicted molar refractivity (Wildman–Crippen MR) is 74.4 cm³/mol. The Kier molecular flexibility index (Phi) is 24.3. The number of carbonyl (C=O) groups is 3. The summed E-state index contributed by atoms with van der Waals surface area (Å²) in [6.45, 7) is -0.291. The summed E-state index contributed by atoms with van der Waals surface area (Å²) in [5.74, 6) is -2.05. The molecule has 0 saturated carbocycles. The molecule has 8 heteroatoms. The van der Waals surface area contributed by atoms with Crippen LogP contribution in [0.2, 0.25) is 0 Å². The van der Waals surface area contributed by atoms with Crippen LogP contribution >= 0.6 is 0 Å². The first-order valence-electron chi connectivity index (χ1n) is 5.71. The number of rotatable bonds is 9. The molecule has 0 atom stereocenters. The standard InChI is InChI=1S/C11H19NO5.2K.2H/c12-8-11(16)17-10(15)7-5-3-1-2-4-6-9(13)14;;;;/h1-8,12H2,(H,13,14);;;;. The summed E-state index contributed by atoms with van der Waals surface area (Å²) in [5.41, 5.74) is 4.98. The summed E-state index contributed by atoms with van der Waals surface area (Å²) in [4.78, 5) is 31.9. The number of unbranched alkanes of at least 4 members (excludes halogenated alkanes) is 4. The fourth-order valence-electron chi connectivity index (χ4n) is 1.30. The Balaban J connectivity index is -0.00000128. The molecule has 0 aromatic heterocycles. The van der Waals surface area contributed by atoms with Gasteiger partial charge in [-0.15, -0.1) is 0 Å². The molecule has 0 saturated heterocycles. The number of esters is 2. The fraction of sp³-hybridized carbons (Fsp3) is 0.727. The van der Waals surface area contributed by atoms with Crippen molar-refractivity contribution in [2.75, 3.05) is 6.54 Å². The van der Waals surface area contributed by atoms with Crippen molar-refractivity contribution in [3.8, 4) is 0 Å². The second-order valence-corrected chi connectivity index (χ2v) is 3.71. The topological polar surface area (TPSA) is 107 Å². The zero-order chi connectivity index (χ0) is 13.1. The van der Waals surface area contributed by atoms with Gasteiger partial charge in [0, 0.05) is 12.8 Å². The van der Waals surface area contributed by atoms with Gasteiger partial charge in [0.05, 0.1) is 6.54 Å². The number of carboxylic acids is 1. The van der Waals surface area contributed by atoms with Gasteiger partial charge in [-0.05, 0) is 12.8 Å². The van der Waals surface area contributed by atoms with Crippen molar-refractivity contribution in [2.45, 2.75) is 44.9 Å². The molecule has 0 heterocycles. The number of ether oxygens (including phenoxy) is 1. The second-order valence-electron chi connectivity index (χ2n) is 3.71. The van der Waals surface area contributed by atoms with E-state index >= 15 is 0 Å².